The second kappa shape index (κ2) is 10.6. The van der Waals surface area contributed by atoms with Crippen LogP contribution in [0.4, 0.5) is 4.79 Å². The van der Waals surface area contributed by atoms with Crippen LogP contribution in [0, 0.1) is 6.92 Å². The summed E-state index contributed by atoms with van der Waals surface area (Å²) >= 11 is 0. The highest BCUT2D eigenvalue weighted by Gasteiger charge is 2.40. The summed E-state index contributed by atoms with van der Waals surface area (Å²) in [6.45, 7) is 13.2. The Morgan fingerprint density at radius 2 is 1.55 bits per heavy atom. The molecule has 0 radical (unpaired) electrons. The van der Waals surface area contributed by atoms with Crippen LogP contribution in [0.3, 0.4) is 0 Å². The van der Waals surface area contributed by atoms with E-state index in [1.807, 2.05) is 65.0 Å². The topological polar surface area (TPSA) is 63.7 Å². The van der Waals surface area contributed by atoms with Crippen molar-refractivity contribution in [3.8, 4) is 0 Å². The number of carbonyl (C=O) groups excluding carboxylic acids is 1. The van der Waals surface area contributed by atoms with Gasteiger partial charge < -0.3 is 9.64 Å². The standard InChI is InChI=1S/C25H33NO4S/c1-7-11-23(21-12-9-8-10-13-21)24(30-25(27)26(18(2)3)19(4)5)31(28,29)22-16-14-20(6)15-17-22/h7-10,12-19,23-24H,1,11H2,2-6H3/t23-,24+/m0/s1. The van der Waals surface area contributed by atoms with Crippen molar-refractivity contribution >= 4 is 15.9 Å². The number of hydrogen-bond donors (Lipinski definition) is 0. The first-order valence-corrected chi connectivity index (χ1v) is 12.1. The molecule has 0 spiro atoms. The first-order chi connectivity index (χ1) is 14.6. The molecule has 0 aliphatic carbocycles. The Kier molecular flexibility index (Phi) is 8.45. The molecule has 0 fully saturated rings. The van der Waals surface area contributed by atoms with Gasteiger partial charge in [0.15, 0.2) is 0 Å². The van der Waals surface area contributed by atoms with E-state index in [1.165, 1.54) is 0 Å². The van der Waals surface area contributed by atoms with Gasteiger partial charge in [-0.25, -0.2) is 13.2 Å². The highest BCUT2D eigenvalue weighted by molar-refractivity contribution is 7.92. The van der Waals surface area contributed by atoms with Gasteiger partial charge in [0.1, 0.15) is 0 Å². The van der Waals surface area contributed by atoms with Crippen LogP contribution >= 0.6 is 0 Å². The van der Waals surface area contributed by atoms with Gasteiger partial charge in [-0.3, -0.25) is 0 Å². The van der Waals surface area contributed by atoms with Crippen LogP contribution in [0.25, 0.3) is 0 Å². The number of rotatable bonds is 9. The third-order valence-corrected chi connectivity index (χ3v) is 7.14. The number of allylic oxidation sites excluding steroid dienone is 1. The zero-order valence-corrected chi connectivity index (χ0v) is 19.8. The lowest BCUT2D eigenvalue weighted by Crippen LogP contribution is -2.45. The van der Waals surface area contributed by atoms with Gasteiger partial charge in [-0.15, -0.1) is 6.58 Å². The van der Waals surface area contributed by atoms with Gasteiger partial charge in [0, 0.05) is 18.0 Å². The monoisotopic (exact) mass is 443 g/mol. The van der Waals surface area contributed by atoms with Crippen LogP contribution in [0.1, 0.15) is 51.2 Å². The minimum atomic E-state index is -3.98. The average Bonchev–Trinajstić information content (AvgIpc) is 2.71. The van der Waals surface area contributed by atoms with Crippen molar-refractivity contribution in [3.05, 3.63) is 78.4 Å². The maximum absolute atomic E-state index is 13.7. The Bertz CT molecular complexity index is 958. The first-order valence-electron chi connectivity index (χ1n) is 10.5. The largest absolute Gasteiger partial charge is 0.429 e. The molecule has 2 aromatic rings. The predicted molar refractivity (Wildman–Crippen MR) is 125 cm³/mol. The Hall–Kier alpha value is -2.60. The van der Waals surface area contributed by atoms with E-state index in [0.29, 0.717) is 6.42 Å². The van der Waals surface area contributed by atoms with Crippen molar-refractivity contribution in [2.45, 2.75) is 69.4 Å². The first kappa shape index (κ1) is 24.7. The summed E-state index contributed by atoms with van der Waals surface area (Å²) in [5, 5.41) is 0. The molecule has 2 rings (SSSR count). The second-order valence-electron chi connectivity index (χ2n) is 8.25. The van der Waals surface area contributed by atoms with Crippen molar-refractivity contribution in [1.29, 1.82) is 0 Å². The van der Waals surface area contributed by atoms with Crippen LogP contribution in [0.2, 0.25) is 0 Å². The van der Waals surface area contributed by atoms with Gasteiger partial charge in [-0.05, 0) is 58.7 Å². The minimum Gasteiger partial charge on any atom is -0.429 e. The van der Waals surface area contributed by atoms with E-state index in [2.05, 4.69) is 6.58 Å². The number of hydrogen-bond acceptors (Lipinski definition) is 4. The van der Waals surface area contributed by atoms with E-state index in [-0.39, 0.29) is 17.0 Å². The molecular formula is C25H33NO4S. The SMILES string of the molecule is C=CC[C@@H](c1ccccc1)[C@H](OC(=O)N(C(C)C)C(C)C)S(=O)(=O)c1ccc(C)cc1. The second-order valence-corrected chi connectivity index (χ2v) is 10.3. The summed E-state index contributed by atoms with van der Waals surface area (Å²) in [5.74, 6) is -0.588. The fraction of sp³-hybridized carbons (Fsp3) is 0.400. The zero-order chi connectivity index (χ0) is 23.2. The van der Waals surface area contributed by atoms with Crippen molar-refractivity contribution < 1.29 is 17.9 Å². The van der Waals surface area contributed by atoms with Crippen molar-refractivity contribution in [2.75, 3.05) is 0 Å². The lowest BCUT2D eigenvalue weighted by atomic mass is 9.96. The van der Waals surface area contributed by atoms with E-state index >= 15 is 0 Å². The van der Waals surface area contributed by atoms with Crippen molar-refractivity contribution in [3.63, 3.8) is 0 Å². The van der Waals surface area contributed by atoms with Gasteiger partial charge in [0.2, 0.25) is 15.3 Å². The number of aryl methyl sites for hydroxylation is 1. The van der Waals surface area contributed by atoms with Gasteiger partial charge in [-0.2, -0.15) is 0 Å². The molecule has 0 aliphatic heterocycles. The maximum atomic E-state index is 13.7. The van der Waals surface area contributed by atoms with E-state index in [4.69, 9.17) is 4.74 Å². The Labute approximate surface area is 186 Å². The van der Waals surface area contributed by atoms with Gasteiger partial charge in [-0.1, -0.05) is 54.1 Å². The summed E-state index contributed by atoms with van der Waals surface area (Å²) in [7, 11) is -3.98. The number of ether oxygens (including phenoxy) is 1. The lowest BCUT2D eigenvalue weighted by molar-refractivity contribution is 0.0613. The van der Waals surface area contributed by atoms with E-state index in [0.717, 1.165) is 11.1 Å². The number of nitrogens with zero attached hydrogens (tertiary/aromatic N) is 1. The highest BCUT2D eigenvalue weighted by Crippen LogP contribution is 2.33. The Morgan fingerprint density at radius 3 is 2.03 bits per heavy atom. The lowest BCUT2D eigenvalue weighted by Gasteiger charge is -2.33. The molecule has 31 heavy (non-hydrogen) atoms. The summed E-state index contributed by atoms with van der Waals surface area (Å²) < 4.78 is 33.2. The molecule has 5 nitrogen and oxygen atoms in total. The number of sulfone groups is 1. The predicted octanol–water partition coefficient (Wildman–Crippen LogP) is 5.71. The number of benzene rings is 2. The molecule has 0 bridgehead atoms. The summed E-state index contributed by atoms with van der Waals surface area (Å²) in [6, 6.07) is 15.6. The molecule has 2 atom stereocenters. The fourth-order valence-corrected chi connectivity index (χ4v) is 5.38. The molecular weight excluding hydrogens is 410 g/mol. The quantitative estimate of drug-likeness (QED) is 0.466. The summed E-state index contributed by atoms with van der Waals surface area (Å²) in [6.07, 6.45) is 1.36. The molecule has 0 aliphatic rings. The number of amides is 1. The highest BCUT2D eigenvalue weighted by atomic mass is 32.2. The number of carbonyl (C=O) groups is 1. The van der Waals surface area contributed by atoms with Gasteiger partial charge in [0.05, 0.1) is 4.90 Å². The van der Waals surface area contributed by atoms with Crippen LogP contribution in [0.5, 0.6) is 0 Å². The Morgan fingerprint density at radius 1 is 1.00 bits per heavy atom. The van der Waals surface area contributed by atoms with Crippen molar-refractivity contribution in [1.82, 2.24) is 4.90 Å². The molecule has 0 aromatic heterocycles. The van der Waals surface area contributed by atoms with E-state index in [9.17, 15) is 13.2 Å². The van der Waals surface area contributed by atoms with Crippen LogP contribution in [0.15, 0.2) is 72.1 Å². The molecule has 6 heteroatoms. The zero-order valence-electron chi connectivity index (χ0n) is 19.0. The summed E-state index contributed by atoms with van der Waals surface area (Å²) in [4.78, 5) is 14.8. The molecule has 0 saturated carbocycles. The Balaban J connectivity index is 2.58. The van der Waals surface area contributed by atoms with E-state index in [1.54, 1.807) is 35.2 Å². The molecule has 1 amide bonds. The summed E-state index contributed by atoms with van der Waals surface area (Å²) in [5.41, 5.74) is 0.337. The van der Waals surface area contributed by atoms with Gasteiger partial charge in [0.25, 0.3) is 0 Å². The maximum Gasteiger partial charge on any atom is 0.411 e. The molecule has 0 unspecified atom stereocenters. The average molecular weight is 444 g/mol. The molecule has 0 saturated heterocycles. The smallest absolute Gasteiger partial charge is 0.411 e. The molecule has 0 N–H and O–H groups in total. The third kappa shape index (κ3) is 5.97. The van der Waals surface area contributed by atoms with Crippen molar-refractivity contribution in [2.24, 2.45) is 0 Å². The molecule has 168 valence electrons. The fourth-order valence-electron chi connectivity index (χ4n) is 3.69. The van der Waals surface area contributed by atoms with Crippen LogP contribution in [-0.2, 0) is 14.6 Å². The van der Waals surface area contributed by atoms with Crippen LogP contribution < -0.4 is 0 Å². The third-order valence-electron chi connectivity index (χ3n) is 5.17. The minimum absolute atomic E-state index is 0.126. The van der Waals surface area contributed by atoms with Gasteiger partial charge >= 0.3 is 6.09 Å². The molecule has 2 aromatic carbocycles. The molecule has 0 heterocycles. The van der Waals surface area contributed by atoms with Crippen LogP contribution in [-0.4, -0.2) is 36.9 Å². The van der Waals surface area contributed by atoms with E-state index < -0.39 is 27.3 Å². The normalized spacial score (nSPS) is 13.6.